The molecule has 330 valence electrons. The van der Waals surface area contributed by atoms with Gasteiger partial charge in [-0.05, 0) is 86.8 Å². The molecule has 0 N–H and O–H groups in total. The molecule has 4 heterocycles. The van der Waals surface area contributed by atoms with Gasteiger partial charge >= 0.3 is 20.1 Å². The number of para-hydroxylation sites is 1. The third-order valence-electron chi connectivity index (χ3n) is 13.1. The first-order chi connectivity index (χ1) is 33.7. The molecular formula is C63H44IrN5. The molecule has 0 saturated carbocycles. The number of aromatic nitrogens is 5. The van der Waals surface area contributed by atoms with Crippen LogP contribution in [-0.4, -0.2) is 24.1 Å². The average Bonchev–Trinajstić information content (AvgIpc) is 4.15. The van der Waals surface area contributed by atoms with E-state index in [1.807, 2.05) is 47.7 Å². The van der Waals surface area contributed by atoms with Crippen LogP contribution < -0.4 is 0 Å². The van der Waals surface area contributed by atoms with Crippen LogP contribution in [0.4, 0.5) is 0 Å². The summed E-state index contributed by atoms with van der Waals surface area (Å²) in [6.07, 6.45) is 13.0. The van der Waals surface area contributed by atoms with Crippen molar-refractivity contribution in [3.8, 4) is 61.5 Å². The molecule has 0 spiro atoms. The Balaban J connectivity index is 0.00000520. The summed E-state index contributed by atoms with van der Waals surface area (Å²) in [5.74, 6) is 0. The van der Waals surface area contributed by atoms with Crippen LogP contribution in [0.1, 0.15) is 22.3 Å². The number of hydrogen-bond donors (Lipinski definition) is 0. The minimum Gasteiger partial charge on any atom is -0.340 e. The number of aryl methyl sites for hydroxylation is 4. The monoisotopic (exact) mass is 1060 g/mol. The molecular weight excluding hydrogens is 1020 g/mol. The standard InChI is InChI=1S/C63H44N5.Ir/c1-2-11-48(12-3-1)49-25-27-50(28-26-49)59-43-51(61-16-8-9-34-64-61)29-33-56(59)55-14-5-4-13-54(55)52-40-46(20-18-44-22-30-53(31-23-44)68-37-10-35-66-68)39-47(41-52)21-19-45-24-32-58-60(42-45)57-15-6-7-17-62(57)67-38-36-65-63(58)67;/h1-17,22-28,30,33-43H,18-21H2;/q-3;+3. The van der Waals surface area contributed by atoms with Crippen molar-refractivity contribution < 1.29 is 20.1 Å². The molecule has 0 amide bonds. The average molecular weight is 1060 g/mol. The largest absolute Gasteiger partial charge is 3.00 e. The second kappa shape index (κ2) is 19.3. The summed E-state index contributed by atoms with van der Waals surface area (Å²) in [7, 11) is 0. The maximum absolute atomic E-state index is 4.73. The summed E-state index contributed by atoms with van der Waals surface area (Å²) in [5, 5.41) is 7.84. The molecule has 0 aliphatic rings. The smallest absolute Gasteiger partial charge is 0.340 e. The Hall–Kier alpha value is -8.02. The van der Waals surface area contributed by atoms with Gasteiger partial charge in [-0.15, -0.1) is 59.0 Å². The van der Waals surface area contributed by atoms with Crippen molar-refractivity contribution in [2.75, 3.05) is 0 Å². The van der Waals surface area contributed by atoms with E-state index in [0.717, 1.165) is 81.4 Å². The Kier molecular flexibility index (Phi) is 12.2. The number of rotatable bonds is 12. The van der Waals surface area contributed by atoms with Crippen molar-refractivity contribution >= 4 is 27.3 Å². The van der Waals surface area contributed by atoms with E-state index < -0.39 is 0 Å². The van der Waals surface area contributed by atoms with Crippen molar-refractivity contribution in [2.45, 2.75) is 25.7 Å². The molecule has 0 unspecified atom stereocenters. The predicted octanol–water partition coefficient (Wildman–Crippen LogP) is 14.5. The van der Waals surface area contributed by atoms with Gasteiger partial charge in [-0.1, -0.05) is 162 Å². The molecule has 0 aliphatic carbocycles. The van der Waals surface area contributed by atoms with Gasteiger partial charge in [0, 0.05) is 36.5 Å². The van der Waals surface area contributed by atoms with E-state index in [0.29, 0.717) is 0 Å². The van der Waals surface area contributed by atoms with Crippen molar-refractivity contribution in [1.82, 2.24) is 24.1 Å². The fourth-order valence-electron chi connectivity index (χ4n) is 9.69. The maximum Gasteiger partial charge on any atom is 3.00 e. The molecule has 8 aromatic carbocycles. The minimum absolute atomic E-state index is 0. The third-order valence-corrected chi connectivity index (χ3v) is 13.1. The van der Waals surface area contributed by atoms with Crippen molar-refractivity contribution in [3.05, 3.63) is 259 Å². The van der Waals surface area contributed by atoms with Gasteiger partial charge in [-0.3, -0.25) is 9.67 Å². The van der Waals surface area contributed by atoms with Crippen LogP contribution >= 0.6 is 0 Å². The number of benzene rings is 8. The molecule has 0 fully saturated rings. The summed E-state index contributed by atoms with van der Waals surface area (Å²) in [6, 6.07) is 78.2. The maximum atomic E-state index is 4.73. The molecule has 12 rings (SSSR count). The second-order valence-corrected chi connectivity index (χ2v) is 17.4. The number of nitrogens with zero attached hydrogens (tertiary/aromatic N) is 5. The molecule has 0 bridgehead atoms. The van der Waals surface area contributed by atoms with Crippen LogP contribution in [0, 0.1) is 18.2 Å². The quantitative estimate of drug-likeness (QED) is 0.0905. The zero-order valence-electron chi connectivity index (χ0n) is 37.7. The molecule has 6 heteroatoms. The first-order valence-electron chi connectivity index (χ1n) is 23.2. The van der Waals surface area contributed by atoms with E-state index in [9.17, 15) is 0 Å². The number of hydrogen-bond acceptors (Lipinski definition) is 3. The van der Waals surface area contributed by atoms with Gasteiger partial charge in [-0.25, -0.2) is 0 Å². The van der Waals surface area contributed by atoms with Gasteiger partial charge in [0.15, 0.2) is 0 Å². The molecule has 0 aliphatic heterocycles. The fourth-order valence-corrected chi connectivity index (χ4v) is 9.69. The van der Waals surface area contributed by atoms with E-state index in [1.54, 1.807) is 6.20 Å². The molecule has 12 aromatic rings. The zero-order chi connectivity index (χ0) is 45.2. The summed E-state index contributed by atoms with van der Waals surface area (Å²) in [5.41, 5.74) is 19.3. The van der Waals surface area contributed by atoms with Crippen molar-refractivity contribution in [2.24, 2.45) is 0 Å². The van der Waals surface area contributed by atoms with Gasteiger partial charge in [0.1, 0.15) is 0 Å². The normalized spacial score (nSPS) is 11.3. The van der Waals surface area contributed by atoms with Crippen molar-refractivity contribution in [3.63, 3.8) is 0 Å². The Morgan fingerprint density at radius 1 is 0.420 bits per heavy atom. The van der Waals surface area contributed by atoms with E-state index in [1.165, 1.54) is 55.3 Å². The zero-order valence-corrected chi connectivity index (χ0v) is 40.1. The molecule has 0 atom stereocenters. The van der Waals surface area contributed by atoms with Gasteiger partial charge in [0.2, 0.25) is 0 Å². The van der Waals surface area contributed by atoms with E-state index >= 15 is 0 Å². The molecule has 69 heavy (non-hydrogen) atoms. The third kappa shape index (κ3) is 8.85. The summed E-state index contributed by atoms with van der Waals surface area (Å²) in [6.45, 7) is 0. The predicted molar refractivity (Wildman–Crippen MR) is 277 cm³/mol. The van der Waals surface area contributed by atoms with E-state index in [-0.39, 0.29) is 20.1 Å². The van der Waals surface area contributed by atoms with E-state index in [2.05, 4.69) is 198 Å². The summed E-state index contributed by atoms with van der Waals surface area (Å²) >= 11 is 0. The minimum atomic E-state index is 0. The first-order valence-corrected chi connectivity index (χ1v) is 23.2. The molecule has 4 aromatic heterocycles. The van der Waals surface area contributed by atoms with Gasteiger partial charge in [0.05, 0.1) is 5.65 Å². The van der Waals surface area contributed by atoms with Crippen LogP contribution in [0.15, 0.2) is 219 Å². The Morgan fingerprint density at radius 2 is 1.14 bits per heavy atom. The number of imidazole rings is 1. The number of fused-ring (bicyclic) bond motifs is 6. The second-order valence-electron chi connectivity index (χ2n) is 17.4. The van der Waals surface area contributed by atoms with Gasteiger partial charge in [-0.2, -0.15) is 28.9 Å². The Morgan fingerprint density at radius 3 is 1.93 bits per heavy atom. The summed E-state index contributed by atoms with van der Waals surface area (Å²) in [4.78, 5) is 9.44. The van der Waals surface area contributed by atoms with Crippen molar-refractivity contribution in [1.29, 1.82) is 0 Å². The Bertz CT molecular complexity index is 3710. The molecule has 0 radical (unpaired) electrons. The fraction of sp³-hybridized carbons (Fsp3) is 0.0635. The number of pyridine rings is 2. The van der Waals surface area contributed by atoms with Crippen LogP contribution in [0.25, 0.3) is 88.8 Å². The Labute approximate surface area is 415 Å². The molecule has 0 saturated heterocycles. The van der Waals surface area contributed by atoms with Gasteiger partial charge in [0.25, 0.3) is 0 Å². The summed E-state index contributed by atoms with van der Waals surface area (Å²) < 4.78 is 4.02. The SMILES string of the molecule is [Ir+3].[c-]1cc(-c2ccccc2-c2cc(CCc3c[c-]c(-n4cccn4)cc3)cc(CCc3c[c-]c4c(c3)c3ccccc3n3ccnc43)c2)c(-c2ccc(-c3ccccc3)cc2)cc1-c1ccccn1. The van der Waals surface area contributed by atoms with Crippen LogP contribution in [-0.2, 0) is 45.8 Å². The van der Waals surface area contributed by atoms with Crippen LogP contribution in [0.2, 0.25) is 0 Å². The van der Waals surface area contributed by atoms with Gasteiger partial charge < -0.3 is 9.38 Å². The van der Waals surface area contributed by atoms with E-state index in [4.69, 9.17) is 9.97 Å². The first kappa shape index (κ1) is 43.5. The molecule has 5 nitrogen and oxygen atoms in total. The van der Waals surface area contributed by atoms with Crippen LogP contribution in [0.5, 0.6) is 0 Å². The topological polar surface area (TPSA) is 48.0 Å². The van der Waals surface area contributed by atoms with Crippen LogP contribution in [0.3, 0.4) is 0 Å².